The van der Waals surface area contributed by atoms with E-state index in [0.29, 0.717) is 4.57 Å². The molecule has 0 fully saturated rings. The summed E-state index contributed by atoms with van der Waals surface area (Å²) in [4.78, 5) is 14.5. The highest BCUT2D eigenvalue weighted by Gasteiger charge is 2.24. The quantitative estimate of drug-likeness (QED) is 0.504. The summed E-state index contributed by atoms with van der Waals surface area (Å²) in [5.74, 6) is -2.15. The van der Waals surface area contributed by atoms with Crippen molar-refractivity contribution in [1.29, 1.82) is 0 Å². The Balaban J connectivity index is 3.24. The highest BCUT2D eigenvalue weighted by atomic mass is 16.5. The van der Waals surface area contributed by atoms with Crippen molar-refractivity contribution in [3.05, 3.63) is 22.7 Å². The molecule has 0 spiro atoms. The molecule has 0 aliphatic carbocycles. The van der Waals surface area contributed by atoms with Crippen LogP contribution in [-0.4, -0.2) is 19.8 Å². The molecule has 6 nitrogen and oxygen atoms in total. The topological polar surface area (TPSA) is 101 Å². The molecule has 0 atom stereocenters. The summed E-state index contributed by atoms with van der Waals surface area (Å²) in [7, 11) is 0. The normalized spacial score (nSPS) is 11.6. The molecule has 1 heterocycles. The Morgan fingerprint density at radius 1 is 1.69 bits per heavy atom. The van der Waals surface area contributed by atoms with Gasteiger partial charge in [-0.2, -0.15) is 4.98 Å². The van der Waals surface area contributed by atoms with E-state index in [1.807, 2.05) is 0 Å². The van der Waals surface area contributed by atoms with Gasteiger partial charge in [0.2, 0.25) is 0 Å². The number of rotatable bonds is 2. The fourth-order valence-electron chi connectivity index (χ4n) is 0.859. The van der Waals surface area contributed by atoms with E-state index in [0.717, 1.165) is 0 Å². The summed E-state index contributed by atoms with van der Waals surface area (Å²) in [6, 6.07) is 1.32. The molecular formula is C7H11N3O3. The van der Waals surface area contributed by atoms with Gasteiger partial charge in [0.1, 0.15) is 5.82 Å². The fourth-order valence-corrected chi connectivity index (χ4v) is 0.859. The molecule has 0 saturated carbocycles. The highest BCUT2D eigenvalue weighted by molar-refractivity contribution is 5.23. The first-order valence-electron chi connectivity index (χ1n) is 3.78. The minimum absolute atomic E-state index is 0.0154. The van der Waals surface area contributed by atoms with Gasteiger partial charge >= 0.3 is 5.69 Å². The first-order valence-corrected chi connectivity index (χ1v) is 3.78. The molecule has 0 saturated heterocycles. The smallest absolute Gasteiger partial charge is 0.353 e. The van der Waals surface area contributed by atoms with Gasteiger partial charge in [-0.25, -0.2) is 9.36 Å². The molecule has 0 radical (unpaired) electrons. The van der Waals surface area contributed by atoms with E-state index in [9.17, 15) is 15.0 Å². The number of nitrogen functional groups attached to an aromatic ring is 1. The van der Waals surface area contributed by atoms with Crippen molar-refractivity contribution in [2.75, 3.05) is 5.73 Å². The van der Waals surface area contributed by atoms with E-state index >= 15 is 0 Å². The molecule has 1 rings (SSSR count). The Bertz CT molecular complexity index is 358. The molecule has 0 bridgehead atoms. The number of hydrogen-bond donors (Lipinski definition) is 3. The average molecular weight is 185 g/mol. The van der Waals surface area contributed by atoms with Crippen molar-refractivity contribution in [2.45, 2.75) is 19.3 Å². The van der Waals surface area contributed by atoms with Gasteiger partial charge in [-0.3, -0.25) is 0 Å². The van der Waals surface area contributed by atoms with Crippen LogP contribution in [0.25, 0.3) is 0 Å². The van der Waals surface area contributed by atoms with Crippen LogP contribution < -0.4 is 11.4 Å². The minimum atomic E-state index is -2.20. The molecule has 72 valence electrons. The predicted octanol–water partition coefficient (Wildman–Crippen LogP) is -1.17. The zero-order valence-electron chi connectivity index (χ0n) is 7.14. The summed E-state index contributed by atoms with van der Waals surface area (Å²) >= 11 is 0. The molecule has 6 heteroatoms. The molecule has 0 aromatic carbocycles. The summed E-state index contributed by atoms with van der Waals surface area (Å²) in [6.45, 7) is 1.53. The van der Waals surface area contributed by atoms with E-state index in [2.05, 4.69) is 4.98 Å². The van der Waals surface area contributed by atoms with E-state index in [1.54, 1.807) is 0 Å². The fraction of sp³-hybridized carbons (Fsp3) is 0.429. The van der Waals surface area contributed by atoms with Crippen LogP contribution >= 0.6 is 0 Å². The lowest BCUT2D eigenvalue weighted by Crippen LogP contribution is -2.41. The minimum Gasteiger partial charge on any atom is -0.383 e. The number of nitrogens with two attached hydrogens (primary N) is 1. The SMILES string of the molecule is CCC(O)(O)n1ccc(N)nc1=O. The number of aliphatic hydroxyl groups is 2. The monoisotopic (exact) mass is 185 g/mol. The summed E-state index contributed by atoms with van der Waals surface area (Å²) in [5.41, 5.74) is 4.44. The summed E-state index contributed by atoms with van der Waals surface area (Å²) < 4.78 is 0.712. The van der Waals surface area contributed by atoms with E-state index in [4.69, 9.17) is 5.73 Å². The average Bonchev–Trinajstić information content (AvgIpc) is 2.03. The van der Waals surface area contributed by atoms with Gasteiger partial charge in [-0.1, -0.05) is 6.92 Å². The molecule has 0 amide bonds. The molecule has 13 heavy (non-hydrogen) atoms. The number of hydrogen-bond acceptors (Lipinski definition) is 5. The molecule has 0 unspecified atom stereocenters. The first-order chi connectivity index (χ1) is 5.97. The third-order valence-electron chi connectivity index (χ3n) is 1.69. The number of anilines is 1. The van der Waals surface area contributed by atoms with Crippen LogP contribution in [0.5, 0.6) is 0 Å². The Labute approximate surface area is 74.3 Å². The zero-order chi connectivity index (χ0) is 10.1. The van der Waals surface area contributed by atoms with Crippen molar-refractivity contribution in [3.63, 3.8) is 0 Å². The van der Waals surface area contributed by atoms with Crippen molar-refractivity contribution in [2.24, 2.45) is 0 Å². The second kappa shape index (κ2) is 3.15. The molecule has 0 aliphatic heterocycles. The maximum atomic E-state index is 11.1. The van der Waals surface area contributed by atoms with Gasteiger partial charge in [0.05, 0.1) is 0 Å². The van der Waals surface area contributed by atoms with E-state index in [1.165, 1.54) is 19.2 Å². The first kappa shape index (κ1) is 9.69. The second-order valence-electron chi connectivity index (χ2n) is 2.63. The van der Waals surface area contributed by atoms with Gasteiger partial charge in [-0.05, 0) is 6.07 Å². The standard InChI is InChI=1S/C7H11N3O3/c1-2-7(12,13)10-4-3-5(8)9-6(10)11/h3-4,12-13H,2H2,1H3,(H2,8,9,11). The number of nitrogens with zero attached hydrogens (tertiary/aromatic N) is 2. The summed E-state index contributed by atoms with van der Waals surface area (Å²) in [5, 5.41) is 18.6. The van der Waals surface area contributed by atoms with E-state index in [-0.39, 0.29) is 12.2 Å². The van der Waals surface area contributed by atoms with Gasteiger partial charge in [0, 0.05) is 12.6 Å². The Kier molecular flexibility index (Phi) is 2.35. The van der Waals surface area contributed by atoms with Crippen molar-refractivity contribution in [1.82, 2.24) is 9.55 Å². The third-order valence-corrected chi connectivity index (χ3v) is 1.69. The second-order valence-corrected chi connectivity index (χ2v) is 2.63. The third kappa shape index (κ3) is 1.85. The van der Waals surface area contributed by atoms with Crippen molar-refractivity contribution < 1.29 is 10.2 Å². The predicted molar refractivity (Wildman–Crippen MR) is 45.6 cm³/mol. The van der Waals surface area contributed by atoms with Crippen LogP contribution in [-0.2, 0) is 5.91 Å². The summed E-state index contributed by atoms with van der Waals surface area (Å²) in [6.07, 6.45) is 1.17. The molecule has 1 aromatic rings. The molecule has 1 aromatic heterocycles. The zero-order valence-corrected chi connectivity index (χ0v) is 7.14. The molecule has 4 N–H and O–H groups in total. The Morgan fingerprint density at radius 2 is 2.31 bits per heavy atom. The van der Waals surface area contributed by atoms with Gasteiger partial charge in [0.25, 0.3) is 5.91 Å². The van der Waals surface area contributed by atoms with Crippen LogP contribution in [0.15, 0.2) is 17.1 Å². The van der Waals surface area contributed by atoms with Crippen LogP contribution in [0.3, 0.4) is 0 Å². The van der Waals surface area contributed by atoms with Crippen LogP contribution in [0.2, 0.25) is 0 Å². The van der Waals surface area contributed by atoms with Crippen LogP contribution in [0.1, 0.15) is 13.3 Å². The van der Waals surface area contributed by atoms with Gasteiger partial charge in [-0.15, -0.1) is 0 Å². The lowest BCUT2D eigenvalue weighted by molar-refractivity contribution is -0.232. The Hall–Kier alpha value is -1.40. The van der Waals surface area contributed by atoms with Crippen LogP contribution in [0.4, 0.5) is 5.82 Å². The maximum absolute atomic E-state index is 11.1. The Morgan fingerprint density at radius 3 is 2.77 bits per heavy atom. The van der Waals surface area contributed by atoms with Crippen molar-refractivity contribution >= 4 is 5.82 Å². The molecule has 0 aliphatic rings. The van der Waals surface area contributed by atoms with Crippen molar-refractivity contribution in [3.8, 4) is 0 Å². The largest absolute Gasteiger partial charge is 0.383 e. The molecular weight excluding hydrogens is 174 g/mol. The lowest BCUT2D eigenvalue weighted by Gasteiger charge is -2.21. The number of aromatic nitrogens is 2. The van der Waals surface area contributed by atoms with Gasteiger partial charge in [0.15, 0.2) is 0 Å². The van der Waals surface area contributed by atoms with Gasteiger partial charge < -0.3 is 15.9 Å². The lowest BCUT2D eigenvalue weighted by atomic mass is 10.3. The highest BCUT2D eigenvalue weighted by Crippen LogP contribution is 2.09. The maximum Gasteiger partial charge on any atom is 0.353 e. The van der Waals surface area contributed by atoms with E-state index < -0.39 is 11.6 Å². The van der Waals surface area contributed by atoms with Crippen LogP contribution in [0, 0.1) is 0 Å².